The zero-order valence-electron chi connectivity index (χ0n) is 10.5. The van der Waals surface area contributed by atoms with Gasteiger partial charge in [-0.3, -0.25) is 0 Å². The van der Waals surface area contributed by atoms with Crippen LogP contribution in [0.25, 0.3) is 10.9 Å². The Bertz CT molecular complexity index is 623. The number of nitrogen functional groups attached to an aromatic ring is 1. The average Bonchev–Trinajstić information content (AvgIpc) is 2.33. The number of hydrogen-bond donors (Lipinski definition) is 1. The maximum atomic E-state index is 12.8. The minimum absolute atomic E-state index is 0.0614. The van der Waals surface area contributed by atoms with Crippen LogP contribution >= 0.6 is 0 Å². The Morgan fingerprint density at radius 2 is 2.00 bits per heavy atom. The van der Waals surface area contributed by atoms with Gasteiger partial charge in [0.1, 0.15) is 11.4 Å². The van der Waals surface area contributed by atoms with Gasteiger partial charge in [0.15, 0.2) is 0 Å². The van der Waals surface area contributed by atoms with E-state index >= 15 is 0 Å². The molecular formula is C13H13F3N2O. The summed E-state index contributed by atoms with van der Waals surface area (Å²) in [4.78, 5) is 3.65. The number of pyridine rings is 1. The molecule has 2 N–H and O–H groups in total. The number of halogens is 3. The molecule has 0 aliphatic carbocycles. The molecule has 6 heteroatoms. The molecule has 102 valence electrons. The van der Waals surface area contributed by atoms with E-state index in [4.69, 9.17) is 10.5 Å². The highest BCUT2D eigenvalue weighted by molar-refractivity contribution is 5.93. The molecule has 0 aliphatic heterocycles. The summed E-state index contributed by atoms with van der Waals surface area (Å²) in [6.07, 6.45) is -4.51. The number of benzene rings is 1. The number of fused-ring (bicyclic) bond motifs is 1. The fraction of sp³-hybridized carbons (Fsp3) is 0.308. The summed E-state index contributed by atoms with van der Waals surface area (Å²) in [5, 5.41) is 0.469. The minimum Gasteiger partial charge on any atom is -0.494 e. The summed E-state index contributed by atoms with van der Waals surface area (Å²) < 4.78 is 43.7. The second-order valence-electron chi connectivity index (χ2n) is 4.11. The van der Waals surface area contributed by atoms with Gasteiger partial charge in [-0.1, -0.05) is 0 Å². The van der Waals surface area contributed by atoms with Gasteiger partial charge in [-0.2, -0.15) is 13.2 Å². The molecule has 1 heterocycles. The Morgan fingerprint density at radius 3 is 2.58 bits per heavy atom. The third-order valence-electron chi connectivity index (χ3n) is 2.83. The second-order valence-corrected chi connectivity index (χ2v) is 4.11. The van der Waals surface area contributed by atoms with Gasteiger partial charge in [-0.15, -0.1) is 0 Å². The predicted molar refractivity (Wildman–Crippen MR) is 67.1 cm³/mol. The number of nitrogens with two attached hydrogens (primary N) is 1. The maximum absolute atomic E-state index is 12.8. The molecule has 1 aromatic carbocycles. The Hall–Kier alpha value is -1.98. The Labute approximate surface area is 108 Å². The molecule has 0 radical (unpaired) electrons. The average molecular weight is 270 g/mol. The largest absolute Gasteiger partial charge is 0.494 e. The molecule has 0 unspecified atom stereocenters. The van der Waals surface area contributed by atoms with Crippen LogP contribution in [-0.4, -0.2) is 11.6 Å². The van der Waals surface area contributed by atoms with Crippen LogP contribution in [0.15, 0.2) is 18.2 Å². The molecular weight excluding hydrogens is 257 g/mol. The van der Waals surface area contributed by atoms with Crippen LogP contribution in [0.3, 0.4) is 0 Å². The number of anilines is 1. The van der Waals surface area contributed by atoms with E-state index in [9.17, 15) is 13.2 Å². The van der Waals surface area contributed by atoms with Crippen LogP contribution in [-0.2, 0) is 6.18 Å². The zero-order chi connectivity index (χ0) is 14.2. The standard InChI is InChI=1S/C13H13F3N2O/c1-3-19-8-4-5-10-9(6-8)11(17)7(2)12(18-10)13(14,15)16/h4-6H,3H2,1-2H3,(H2,17,18). The molecule has 0 amide bonds. The highest BCUT2D eigenvalue weighted by Crippen LogP contribution is 2.36. The molecule has 0 spiro atoms. The summed E-state index contributed by atoms with van der Waals surface area (Å²) in [5.74, 6) is 0.558. The molecule has 2 rings (SSSR count). The molecule has 0 fully saturated rings. The van der Waals surface area contributed by atoms with Crippen LogP contribution in [0.2, 0.25) is 0 Å². The second kappa shape index (κ2) is 4.60. The Kier molecular flexibility index (Phi) is 3.26. The van der Waals surface area contributed by atoms with Crippen LogP contribution in [0.4, 0.5) is 18.9 Å². The van der Waals surface area contributed by atoms with Crippen molar-refractivity contribution in [3.05, 3.63) is 29.5 Å². The third kappa shape index (κ3) is 2.43. The van der Waals surface area contributed by atoms with E-state index in [0.717, 1.165) is 0 Å². The van der Waals surface area contributed by atoms with Gasteiger partial charge in [-0.25, -0.2) is 4.98 Å². The van der Waals surface area contributed by atoms with Crippen molar-refractivity contribution >= 4 is 16.6 Å². The van der Waals surface area contributed by atoms with Gasteiger partial charge in [0.05, 0.1) is 12.1 Å². The Balaban J connectivity index is 2.69. The number of aromatic nitrogens is 1. The van der Waals surface area contributed by atoms with Crippen molar-refractivity contribution in [1.29, 1.82) is 0 Å². The van der Waals surface area contributed by atoms with Crippen LogP contribution < -0.4 is 10.5 Å². The smallest absolute Gasteiger partial charge is 0.433 e. The third-order valence-corrected chi connectivity index (χ3v) is 2.83. The van der Waals surface area contributed by atoms with Crippen molar-refractivity contribution in [3.8, 4) is 5.75 Å². The lowest BCUT2D eigenvalue weighted by Crippen LogP contribution is -2.12. The van der Waals surface area contributed by atoms with Crippen molar-refractivity contribution in [2.75, 3.05) is 12.3 Å². The first-order chi connectivity index (χ1) is 8.84. The van der Waals surface area contributed by atoms with Gasteiger partial charge in [0.2, 0.25) is 0 Å². The highest BCUT2D eigenvalue weighted by atomic mass is 19.4. The van der Waals surface area contributed by atoms with Gasteiger partial charge >= 0.3 is 6.18 Å². The van der Waals surface area contributed by atoms with Gasteiger partial charge in [0, 0.05) is 16.6 Å². The lowest BCUT2D eigenvalue weighted by molar-refractivity contribution is -0.141. The maximum Gasteiger partial charge on any atom is 0.433 e. The summed E-state index contributed by atoms with van der Waals surface area (Å²) in [5.41, 5.74) is 5.07. The number of alkyl halides is 3. The van der Waals surface area contributed by atoms with E-state index in [2.05, 4.69) is 4.98 Å². The van der Waals surface area contributed by atoms with E-state index in [1.165, 1.54) is 13.0 Å². The predicted octanol–water partition coefficient (Wildman–Crippen LogP) is 3.54. The van der Waals surface area contributed by atoms with Crippen molar-refractivity contribution in [3.63, 3.8) is 0 Å². The topological polar surface area (TPSA) is 48.1 Å². The molecule has 0 saturated heterocycles. The van der Waals surface area contributed by atoms with Crippen molar-refractivity contribution in [2.24, 2.45) is 0 Å². The van der Waals surface area contributed by atoms with E-state index in [0.29, 0.717) is 17.7 Å². The molecule has 0 aliphatic rings. The first kappa shape index (κ1) is 13.5. The molecule has 0 atom stereocenters. The van der Waals surface area contributed by atoms with Crippen LogP contribution in [0, 0.1) is 6.92 Å². The van der Waals surface area contributed by atoms with Crippen LogP contribution in [0.1, 0.15) is 18.2 Å². The van der Waals surface area contributed by atoms with Crippen LogP contribution in [0.5, 0.6) is 5.75 Å². The number of rotatable bonds is 2. The lowest BCUT2D eigenvalue weighted by Gasteiger charge is -2.14. The van der Waals surface area contributed by atoms with E-state index in [1.54, 1.807) is 12.1 Å². The molecule has 2 aromatic rings. The van der Waals surface area contributed by atoms with E-state index < -0.39 is 11.9 Å². The first-order valence-electron chi connectivity index (χ1n) is 5.74. The van der Waals surface area contributed by atoms with E-state index in [1.807, 2.05) is 6.92 Å². The molecule has 19 heavy (non-hydrogen) atoms. The molecule has 3 nitrogen and oxygen atoms in total. The highest BCUT2D eigenvalue weighted by Gasteiger charge is 2.35. The number of ether oxygens (including phenoxy) is 1. The number of nitrogens with zero attached hydrogens (tertiary/aromatic N) is 1. The summed E-state index contributed by atoms with van der Waals surface area (Å²) in [7, 11) is 0. The van der Waals surface area contributed by atoms with Crippen molar-refractivity contribution in [1.82, 2.24) is 4.98 Å². The normalized spacial score (nSPS) is 11.8. The fourth-order valence-corrected chi connectivity index (χ4v) is 1.89. The molecule has 0 bridgehead atoms. The lowest BCUT2D eigenvalue weighted by atomic mass is 10.1. The summed E-state index contributed by atoms with van der Waals surface area (Å²) in [6, 6.07) is 4.66. The molecule has 1 aromatic heterocycles. The Morgan fingerprint density at radius 1 is 1.32 bits per heavy atom. The van der Waals surface area contributed by atoms with Gasteiger partial charge < -0.3 is 10.5 Å². The monoisotopic (exact) mass is 270 g/mol. The quantitative estimate of drug-likeness (QED) is 0.907. The summed E-state index contributed by atoms with van der Waals surface area (Å²) in [6.45, 7) is 3.61. The van der Waals surface area contributed by atoms with Gasteiger partial charge in [-0.05, 0) is 32.0 Å². The first-order valence-corrected chi connectivity index (χ1v) is 5.74. The minimum atomic E-state index is -4.51. The zero-order valence-corrected chi connectivity index (χ0v) is 10.5. The van der Waals surface area contributed by atoms with Crippen molar-refractivity contribution < 1.29 is 17.9 Å². The number of hydrogen-bond acceptors (Lipinski definition) is 3. The molecule has 0 saturated carbocycles. The van der Waals surface area contributed by atoms with Crippen molar-refractivity contribution in [2.45, 2.75) is 20.0 Å². The van der Waals surface area contributed by atoms with Gasteiger partial charge in [0.25, 0.3) is 0 Å². The fourth-order valence-electron chi connectivity index (χ4n) is 1.89. The SMILES string of the molecule is CCOc1ccc2nc(C(F)(F)F)c(C)c(N)c2c1. The summed E-state index contributed by atoms with van der Waals surface area (Å²) >= 11 is 0. The van der Waals surface area contributed by atoms with E-state index in [-0.39, 0.29) is 16.8 Å².